The standard InChI is InChI=1S/C11H14Br2O/c12-10-6-9(7-11(13)8-10)4-2-1-3-5-14/h6-8,14H,1-5H2. The fourth-order valence-electron chi connectivity index (χ4n) is 1.37. The molecule has 1 rings (SSSR count). The first-order valence-corrected chi connectivity index (χ1v) is 6.37. The maximum Gasteiger partial charge on any atom is 0.0431 e. The highest BCUT2D eigenvalue weighted by atomic mass is 79.9. The van der Waals surface area contributed by atoms with Crippen LogP contribution in [0.2, 0.25) is 0 Å². The predicted molar refractivity (Wildman–Crippen MR) is 66.5 cm³/mol. The van der Waals surface area contributed by atoms with E-state index >= 15 is 0 Å². The van der Waals surface area contributed by atoms with Crippen molar-refractivity contribution in [3.05, 3.63) is 32.7 Å². The maximum absolute atomic E-state index is 8.64. The van der Waals surface area contributed by atoms with Crippen LogP contribution in [0.4, 0.5) is 0 Å². The summed E-state index contributed by atoms with van der Waals surface area (Å²) in [5.74, 6) is 0. The Morgan fingerprint density at radius 2 is 1.57 bits per heavy atom. The number of unbranched alkanes of at least 4 members (excludes halogenated alkanes) is 2. The Morgan fingerprint density at radius 3 is 2.14 bits per heavy atom. The Hall–Kier alpha value is 0.140. The molecule has 0 bridgehead atoms. The summed E-state index contributed by atoms with van der Waals surface area (Å²) in [5, 5.41) is 8.64. The molecule has 0 fully saturated rings. The van der Waals surface area contributed by atoms with Crippen molar-refractivity contribution in [2.24, 2.45) is 0 Å². The van der Waals surface area contributed by atoms with Crippen LogP contribution >= 0.6 is 31.9 Å². The molecular formula is C11H14Br2O. The van der Waals surface area contributed by atoms with Gasteiger partial charge in [0.15, 0.2) is 0 Å². The molecule has 0 aromatic heterocycles. The molecule has 0 aliphatic carbocycles. The van der Waals surface area contributed by atoms with E-state index in [0.29, 0.717) is 6.61 Å². The van der Waals surface area contributed by atoms with E-state index in [1.807, 2.05) is 6.07 Å². The second kappa shape index (κ2) is 6.59. The Labute approximate surface area is 102 Å². The van der Waals surface area contributed by atoms with Crippen molar-refractivity contribution in [1.82, 2.24) is 0 Å². The van der Waals surface area contributed by atoms with Crippen molar-refractivity contribution in [2.75, 3.05) is 6.61 Å². The third kappa shape index (κ3) is 4.58. The highest BCUT2D eigenvalue weighted by Crippen LogP contribution is 2.21. The first kappa shape index (κ1) is 12.2. The summed E-state index contributed by atoms with van der Waals surface area (Å²) in [6.07, 6.45) is 4.23. The van der Waals surface area contributed by atoms with Gasteiger partial charge in [-0.3, -0.25) is 0 Å². The van der Waals surface area contributed by atoms with Crippen molar-refractivity contribution >= 4 is 31.9 Å². The first-order chi connectivity index (χ1) is 6.72. The van der Waals surface area contributed by atoms with Crippen molar-refractivity contribution in [2.45, 2.75) is 25.7 Å². The van der Waals surface area contributed by atoms with Gasteiger partial charge in [-0.05, 0) is 43.0 Å². The molecule has 1 aromatic rings. The quantitative estimate of drug-likeness (QED) is 0.815. The first-order valence-electron chi connectivity index (χ1n) is 4.78. The third-order valence-corrected chi connectivity index (χ3v) is 2.96. The summed E-state index contributed by atoms with van der Waals surface area (Å²) in [6.45, 7) is 0.308. The van der Waals surface area contributed by atoms with Crippen LogP contribution in [0.3, 0.4) is 0 Å². The summed E-state index contributed by atoms with van der Waals surface area (Å²) in [4.78, 5) is 0. The zero-order valence-electron chi connectivity index (χ0n) is 7.97. The van der Waals surface area contributed by atoms with E-state index < -0.39 is 0 Å². The van der Waals surface area contributed by atoms with E-state index in [1.165, 1.54) is 5.56 Å². The summed E-state index contributed by atoms with van der Waals surface area (Å²) in [6, 6.07) is 6.32. The molecule has 14 heavy (non-hydrogen) atoms. The molecule has 0 unspecified atom stereocenters. The highest BCUT2D eigenvalue weighted by molar-refractivity contribution is 9.11. The molecule has 0 aliphatic rings. The smallest absolute Gasteiger partial charge is 0.0431 e. The summed E-state index contributed by atoms with van der Waals surface area (Å²) >= 11 is 6.93. The minimum Gasteiger partial charge on any atom is -0.396 e. The average Bonchev–Trinajstić information content (AvgIpc) is 2.11. The average molecular weight is 322 g/mol. The predicted octanol–water partition coefficient (Wildman–Crippen LogP) is 3.92. The molecule has 0 saturated heterocycles. The van der Waals surface area contributed by atoms with Crippen LogP contribution in [0.1, 0.15) is 24.8 Å². The Bertz CT molecular complexity index is 266. The van der Waals surface area contributed by atoms with Crippen LogP contribution in [0, 0.1) is 0 Å². The zero-order chi connectivity index (χ0) is 10.4. The molecule has 0 radical (unpaired) electrons. The van der Waals surface area contributed by atoms with Gasteiger partial charge in [0.2, 0.25) is 0 Å². The number of halogens is 2. The summed E-state index contributed by atoms with van der Waals surface area (Å²) in [5.41, 5.74) is 1.34. The van der Waals surface area contributed by atoms with Crippen LogP contribution in [0.15, 0.2) is 27.1 Å². The second-order valence-corrected chi connectivity index (χ2v) is 5.14. The number of aliphatic hydroxyl groups excluding tert-OH is 1. The lowest BCUT2D eigenvalue weighted by atomic mass is 10.1. The van der Waals surface area contributed by atoms with Gasteiger partial charge in [0, 0.05) is 15.6 Å². The largest absolute Gasteiger partial charge is 0.396 e. The lowest BCUT2D eigenvalue weighted by Crippen LogP contribution is -1.88. The third-order valence-electron chi connectivity index (χ3n) is 2.05. The highest BCUT2D eigenvalue weighted by Gasteiger charge is 1.97. The molecule has 1 nitrogen and oxygen atoms in total. The summed E-state index contributed by atoms with van der Waals surface area (Å²) in [7, 11) is 0. The monoisotopic (exact) mass is 320 g/mol. The van der Waals surface area contributed by atoms with Crippen LogP contribution < -0.4 is 0 Å². The van der Waals surface area contributed by atoms with Gasteiger partial charge in [0.25, 0.3) is 0 Å². The van der Waals surface area contributed by atoms with Gasteiger partial charge in [0.05, 0.1) is 0 Å². The number of aryl methyl sites for hydroxylation is 1. The van der Waals surface area contributed by atoms with Crippen LogP contribution in [-0.4, -0.2) is 11.7 Å². The molecule has 0 heterocycles. The van der Waals surface area contributed by atoms with Crippen LogP contribution in [0.25, 0.3) is 0 Å². The number of hydrogen-bond donors (Lipinski definition) is 1. The van der Waals surface area contributed by atoms with Gasteiger partial charge in [-0.25, -0.2) is 0 Å². The molecule has 1 aromatic carbocycles. The Morgan fingerprint density at radius 1 is 0.929 bits per heavy atom. The minimum absolute atomic E-state index is 0.308. The molecule has 0 amide bonds. The number of rotatable bonds is 5. The van der Waals surface area contributed by atoms with E-state index in [-0.39, 0.29) is 0 Å². The fraction of sp³-hybridized carbons (Fsp3) is 0.455. The molecule has 0 spiro atoms. The lowest BCUT2D eigenvalue weighted by molar-refractivity contribution is 0.283. The van der Waals surface area contributed by atoms with Crippen molar-refractivity contribution < 1.29 is 5.11 Å². The molecular weight excluding hydrogens is 308 g/mol. The van der Waals surface area contributed by atoms with E-state index in [2.05, 4.69) is 44.0 Å². The van der Waals surface area contributed by atoms with Gasteiger partial charge in [-0.1, -0.05) is 38.3 Å². The van der Waals surface area contributed by atoms with Crippen LogP contribution in [-0.2, 0) is 6.42 Å². The van der Waals surface area contributed by atoms with Gasteiger partial charge in [-0.2, -0.15) is 0 Å². The van der Waals surface area contributed by atoms with Crippen molar-refractivity contribution in [3.8, 4) is 0 Å². The number of benzene rings is 1. The Balaban J connectivity index is 2.42. The van der Waals surface area contributed by atoms with Crippen molar-refractivity contribution in [1.29, 1.82) is 0 Å². The van der Waals surface area contributed by atoms with E-state index in [9.17, 15) is 0 Å². The van der Waals surface area contributed by atoms with Gasteiger partial charge in [0.1, 0.15) is 0 Å². The van der Waals surface area contributed by atoms with Crippen LogP contribution in [0.5, 0.6) is 0 Å². The molecule has 1 N–H and O–H groups in total. The van der Waals surface area contributed by atoms with Gasteiger partial charge < -0.3 is 5.11 Å². The van der Waals surface area contributed by atoms with Crippen molar-refractivity contribution in [3.63, 3.8) is 0 Å². The molecule has 3 heteroatoms. The normalized spacial score (nSPS) is 10.5. The van der Waals surface area contributed by atoms with Gasteiger partial charge in [-0.15, -0.1) is 0 Å². The lowest BCUT2D eigenvalue weighted by Gasteiger charge is -2.03. The second-order valence-electron chi connectivity index (χ2n) is 3.31. The minimum atomic E-state index is 0.308. The SMILES string of the molecule is OCCCCCc1cc(Br)cc(Br)c1. The van der Waals surface area contributed by atoms with E-state index in [4.69, 9.17) is 5.11 Å². The molecule has 0 aliphatic heterocycles. The number of aliphatic hydroxyl groups is 1. The van der Waals surface area contributed by atoms with E-state index in [1.54, 1.807) is 0 Å². The Kier molecular flexibility index (Phi) is 5.75. The van der Waals surface area contributed by atoms with E-state index in [0.717, 1.165) is 34.6 Å². The maximum atomic E-state index is 8.64. The fourth-order valence-corrected chi connectivity index (χ4v) is 2.76. The molecule has 0 atom stereocenters. The molecule has 78 valence electrons. The topological polar surface area (TPSA) is 20.2 Å². The molecule has 0 saturated carbocycles. The zero-order valence-corrected chi connectivity index (χ0v) is 11.1. The number of hydrogen-bond acceptors (Lipinski definition) is 1. The summed E-state index contributed by atoms with van der Waals surface area (Å²) < 4.78 is 2.23. The van der Waals surface area contributed by atoms with Gasteiger partial charge >= 0.3 is 0 Å².